The predicted molar refractivity (Wildman–Crippen MR) is 55.5 cm³/mol. The minimum Gasteiger partial charge on any atom is -0.480 e. The summed E-state index contributed by atoms with van der Waals surface area (Å²) in [7, 11) is -2.84. The molecule has 0 spiro atoms. The molecule has 16 heavy (non-hydrogen) atoms. The van der Waals surface area contributed by atoms with E-state index in [-0.39, 0.29) is 12.5 Å². The minimum absolute atomic E-state index is 0.227. The molecule has 0 saturated heterocycles. The van der Waals surface area contributed by atoms with Crippen molar-refractivity contribution in [3.8, 4) is 0 Å². The molecule has 94 valence electrons. The van der Waals surface area contributed by atoms with E-state index in [9.17, 15) is 9.36 Å². The Labute approximate surface area is 91.9 Å². The molecule has 0 amide bonds. The van der Waals surface area contributed by atoms with Crippen LogP contribution in [0.1, 0.15) is 0 Å². The minimum atomic E-state index is -4.28. The second-order valence-electron chi connectivity index (χ2n) is 2.40. The van der Waals surface area contributed by atoms with Crippen LogP contribution in [0.2, 0.25) is 0 Å². The summed E-state index contributed by atoms with van der Waals surface area (Å²) in [6, 6.07) is 0. The number of phosphoric acid groups is 1. The molecule has 0 fully saturated rings. The van der Waals surface area contributed by atoms with Crippen LogP contribution in [0.5, 0.6) is 0 Å². The molecule has 0 radical (unpaired) electrons. The first-order valence-electron chi connectivity index (χ1n) is 3.72. The van der Waals surface area contributed by atoms with E-state index in [4.69, 9.17) is 26.0 Å². The summed E-state index contributed by atoms with van der Waals surface area (Å²) in [4.78, 5) is 26.7. The summed E-state index contributed by atoms with van der Waals surface area (Å²) in [6.07, 6.45) is 0.695. The highest BCUT2D eigenvalue weighted by molar-refractivity contribution is 7.46. The van der Waals surface area contributed by atoms with Crippen LogP contribution in [0.3, 0.4) is 0 Å². The van der Waals surface area contributed by atoms with E-state index in [0.29, 0.717) is 6.26 Å². The molecule has 0 aliphatic heterocycles. The van der Waals surface area contributed by atoms with E-state index in [1.54, 1.807) is 0 Å². The molecule has 0 aromatic rings. The number of carboxylic acid groups (broad SMARTS) is 1. The zero-order valence-electron chi connectivity index (χ0n) is 8.53. The number of carboxylic acids is 1. The first-order chi connectivity index (χ1) is 7.10. The largest absolute Gasteiger partial charge is 0.524 e. The highest BCUT2D eigenvalue weighted by Gasteiger charge is 2.10. The van der Waals surface area contributed by atoms with Crippen LogP contribution in [-0.4, -0.2) is 45.3 Å². The number of nitrogens with one attached hydrogen (secondary N) is 1. The fourth-order valence-corrected chi connectivity index (χ4v) is 0.579. The van der Waals surface area contributed by atoms with Crippen LogP contribution in [0.4, 0.5) is 0 Å². The van der Waals surface area contributed by atoms with Crippen LogP contribution in [-0.2, 0) is 13.9 Å². The Bertz CT molecular complexity index is 301. The molecule has 0 heterocycles. The van der Waals surface area contributed by atoms with Crippen LogP contribution >= 0.6 is 7.82 Å². The third-order valence-corrected chi connectivity index (χ3v) is 1.42. The summed E-state index contributed by atoms with van der Waals surface area (Å²) in [5.74, 6) is -1.23. The molecule has 0 aromatic carbocycles. The number of aliphatic carboxylic acids is 1. The maximum Gasteiger partial charge on any atom is 0.524 e. The first-order valence-corrected chi connectivity index (χ1v) is 5.25. The Morgan fingerprint density at radius 1 is 1.69 bits per heavy atom. The van der Waals surface area contributed by atoms with Crippen molar-refractivity contribution in [3.63, 3.8) is 0 Å². The van der Waals surface area contributed by atoms with Gasteiger partial charge in [-0.2, -0.15) is 0 Å². The van der Waals surface area contributed by atoms with Gasteiger partial charge in [-0.05, 0) is 0 Å². The van der Waals surface area contributed by atoms with Gasteiger partial charge in [0.05, 0.1) is 6.26 Å². The van der Waals surface area contributed by atoms with E-state index in [2.05, 4.69) is 11.1 Å². The Kier molecular flexibility index (Phi) is 8.09. The van der Waals surface area contributed by atoms with Gasteiger partial charge in [0.2, 0.25) is 0 Å². The highest BCUT2D eigenvalue weighted by Crippen LogP contribution is 2.35. The standard InChI is InChI=1S/C4H9N3O2.C2H5O4P/c1-7(4(5)6)2-3(8)9;1-2-6-7(3,4)5/h2H2,1H3,(H3,5,6)(H,8,9);2H,1H2,(H2,3,4,5). The van der Waals surface area contributed by atoms with Crippen molar-refractivity contribution in [1.29, 1.82) is 5.41 Å². The second-order valence-corrected chi connectivity index (χ2v) is 3.59. The zero-order valence-corrected chi connectivity index (χ0v) is 9.42. The van der Waals surface area contributed by atoms with Crippen LogP contribution in [0, 0.1) is 5.41 Å². The van der Waals surface area contributed by atoms with Crippen molar-refractivity contribution >= 4 is 19.8 Å². The van der Waals surface area contributed by atoms with Gasteiger partial charge in [-0.25, -0.2) is 4.57 Å². The fourth-order valence-electron chi connectivity index (χ4n) is 0.385. The van der Waals surface area contributed by atoms with Crippen molar-refractivity contribution in [3.05, 3.63) is 12.8 Å². The van der Waals surface area contributed by atoms with Gasteiger partial charge in [0.1, 0.15) is 6.54 Å². The molecule has 9 nitrogen and oxygen atoms in total. The molecule has 0 unspecified atom stereocenters. The van der Waals surface area contributed by atoms with Crippen LogP contribution < -0.4 is 5.73 Å². The van der Waals surface area contributed by atoms with Crippen molar-refractivity contribution in [2.45, 2.75) is 0 Å². The van der Waals surface area contributed by atoms with E-state index in [0.717, 1.165) is 4.90 Å². The lowest BCUT2D eigenvalue weighted by molar-refractivity contribution is -0.137. The Balaban J connectivity index is 0. The smallest absolute Gasteiger partial charge is 0.480 e. The predicted octanol–water partition coefficient (Wildman–Crippen LogP) is -0.865. The van der Waals surface area contributed by atoms with E-state index < -0.39 is 13.8 Å². The molecule has 0 aliphatic carbocycles. The zero-order chi connectivity index (χ0) is 13.4. The maximum absolute atomic E-state index is 9.92. The van der Waals surface area contributed by atoms with Gasteiger partial charge in [-0.1, -0.05) is 6.58 Å². The first kappa shape index (κ1) is 16.8. The normalized spacial score (nSPS) is 9.44. The third-order valence-electron chi connectivity index (χ3n) is 0.996. The maximum atomic E-state index is 9.92. The van der Waals surface area contributed by atoms with Gasteiger partial charge in [-0.15, -0.1) is 0 Å². The number of likely N-dealkylation sites (N-methyl/N-ethyl adjacent to an activating group) is 1. The van der Waals surface area contributed by atoms with Crippen molar-refractivity contribution in [2.24, 2.45) is 5.73 Å². The van der Waals surface area contributed by atoms with Gasteiger partial charge in [-0.3, -0.25) is 20.0 Å². The number of nitrogens with zero attached hydrogens (tertiary/aromatic N) is 1. The van der Waals surface area contributed by atoms with Crippen molar-refractivity contribution < 1.29 is 28.8 Å². The molecular weight excluding hydrogens is 241 g/mol. The molecule has 0 rings (SSSR count). The summed E-state index contributed by atoms with van der Waals surface area (Å²) in [6.45, 7) is 2.70. The number of hydrogen-bond acceptors (Lipinski definition) is 4. The van der Waals surface area contributed by atoms with Gasteiger partial charge in [0.25, 0.3) is 0 Å². The Morgan fingerprint density at radius 3 is 2.19 bits per heavy atom. The van der Waals surface area contributed by atoms with Gasteiger partial charge in [0, 0.05) is 7.05 Å². The monoisotopic (exact) mass is 255 g/mol. The molecule has 0 saturated carbocycles. The quantitative estimate of drug-likeness (QED) is 0.188. The molecule has 0 atom stereocenters. The highest BCUT2D eigenvalue weighted by atomic mass is 31.2. The van der Waals surface area contributed by atoms with Crippen molar-refractivity contribution in [1.82, 2.24) is 4.90 Å². The van der Waals surface area contributed by atoms with E-state index >= 15 is 0 Å². The second kappa shape index (κ2) is 7.69. The summed E-state index contributed by atoms with van der Waals surface area (Å²) in [5.41, 5.74) is 4.93. The molecule has 0 aromatic heterocycles. The SMILES string of the molecule is C=COP(=O)(O)O.CN(CC(=O)O)C(=N)N. The van der Waals surface area contributed by atoms with Crippen molar-refractivity contribution in [2.75, 3.05) is 13.6 Å². The van der Waals surface area contributed by atoms with Crippen LogP contribution in [0.15, 0.2) is 12.8 Å². The number of carbonyl (C=O) groups is 1. The summed E-state index contributed by atoms with van der Waals surface area (Å²) >= 11 is 0. The molecule has 0 bridgehead atoms. The summed E-state index contributed by atoms with van der Waals surface area (Å²) in [5, 5.41) is 14.9. The average molecular weight is 255 g/mol. The molecule has 10 heteroatoms. The third kappa shape index (κ3) is 14.9. The number of nitrogens with two attached hydrogens (primary N) is 1. The lowest BCUT2D eigenvalue weighted by Crippen LogP contribution is -2.36. The number of phosphoric ester groups is 1. The Morgan fingerprint density at radius 2 is 2.12 bits per heavy atom. The van der Waals surface area contributed by atoms with Gasteiger partial charge in [0.15, 0.2) is 5.96 Å². The fraction of sp³-hybridized carbons (Fsp3) is 0.333. The van der Waals surface area contributed by atoms with E-state index in [1.807, 2.05) is 0 Å². The molecule has 6 N–H and O–H groups in total. The van der Waals surface area contributed by atoms with Crippen LogP contribution in [0.25, 0.3) is 0 Å². The van der Waals surface area contributed by atoms with Gasteiger partial charge < -0.3 is 20.3 Å². The summed E-state index contributed by atoms with van der Waals surface area (Å²) < 4.78 is 13.3. The lowest BCUT2D eigenvalue weighted by atomic mass is 10.6. The topological polar surface area (TPSA) is 157 Å². The number of guanidine groups is 1. The molecule has 0 aliphatic rings. The average Bonchev–Trinajstić information content (AvgIpc) is 2.01. The lowest BCUT2D eigenvalue weighted by Gasteiger charge is -2.12. The molecular formula is C6H14N3O6P. The Hall–Kier alpha value is -1.57. The van der Waals surface area contributed by atoms with Gasteiger partial charge >= 0.3 is 13.8 Å². The van der Waals surface area contributed by atoms with E-state index in [1.165, 1.54) is 7.05 Å². The number of rotatable bonds is 4. The number of hydrogen-bond donors (Lipinski definition) is 5.